The second-order valence-corrected chi connectivity index (χ2v) is 4.03. The van der Waals surface area contributed by atoms with Gasteiger partial charge in [0.25, 0.3) is 0 Å². The number of amides is 1. The molecule has 0 aliphatic rings. The molecule has 0 radical (unpaired) electrons. The molecule has 0 aromatic heterocycles. The summed E-state index contributed by atoms with van der Waals surface area (Å²) in [6.45, 7) is 0. The summed E-state index contributed by atoms with van der Waals surface area (Å²) in [5.74, 6) is 10.8. The number of benzene rings is 2. The van der Waals surface area contributed by atoms with E-state index in [0.29, 0.717) is 11.3 Å². The van der Waals surface area contributed by atoms with E-state index in [9.17, 15) is 4.79 Å². The summed E-state index contributed by atoms with van der Waals surface area (Å²) in [6, 6.07) is 14.1. The van der Waals surface area contributed by atoms with Gasteiger partial charge in [0.05, 0.1) is 0 Å². The van der Waals surface area contributed by atoms with Crippen LogP contribution in [0.5, 0.6) is 0 Å². The summed E-state index contributed by atoms with van der Waals surface area (Å²) in [5.41, 5.74) is 13.5. The molecule has 20 heavy (non-hydrogen) atoms. The molecular formula is C17H12N2O. The topological polar surface area (TPSA) is 69.1 Å². The molecule has 0 aliphatic heterocycles. The second kappa shape index (κ2) is 6.13. The number of hydrogen-bond acceptors (Lipinski definition) is 2. The van der Waals surface area contributed by atoms with E-state index >= 15 is 0 Å². The lowest BCUT2D eigenvalue weighted by Crippen LogP contribution is -2.10. The third-order valence-electron chi connectivity index (χ3n) is 2.60. The molecule has 3 heteroatoms. The number of nitrogens with two attached hydrogens (primary N) is 2. The lowest BCUT2D eigenvalue weighted by atomic mass is 10.1. The molecule has 0 fully saturated rings. The van der Waals surface area contributed by atoms with Crippen LogP contribution in [0, 0.1) is 23.7 Å². The molecule has 0 saturated heterocycles. The van der Waals surface area contributed by atoms with E-state index in [1.54, 1.807) is 30.3 Å². The molecular weight excluding hydrogens is 248 g/mol. The fraction of sp³-hybridized carbons (Fsp3) is 0. The van der Waals surface area contributed by atoms with E-state index in [4.69, 9.17) is 11.5 Å². The number of anilines is 1. The van der Waals surface area contributed by atoms with Crippen LogP contribution in [0.2, 0.25) is 0 Å². The van der Waals surface area contributed by atoms with Gasteiger partial charge in [-0.25, -0.2) is 0 Å². The first kappa shape index (κ1) is 13.3. The maximum absolute atomic E-state index is 10.9. The highest BCUT2D eigenvalue weighted by Gasteiger charge is 1.97. The molecule has 0 spiro atoms. The summed E-state index contributed by atoms with van der Waals surface area (Å²) >= 11 is 0. The van der Waals surface area contributed by atoms with Gasteiger partial charge in [0.15, 0.2) is 0 Å². The van der Waals surface area contributed by atoms with Crippen LogP contribution >= 0.6 is 0 Å². The lowest BCUT2D eigenvalue weighted by molar-refractivity contribution is 0.100. The lowest BCUT2D eigenvalue weighted by Gasteiger charge is -1.94. The molecule has 2 aromatic rings. The van der Waals surface area contributed by atoms with Crippen LogP contribution in [0.3, 0.4) is 0 Å². The van der Waals surface area contributed by atoms with Crippen molar-refractivity contribution in [2.75, 3.05) is 5.73 Å². The highest BCUT2D eigenvalue weighted by atomic mass is 16.1. The minimum Gasteiger partial charge on any atom is -0.398 e. The number of carbonyl (C=O) groups is 1. The SMILES string of the molecule is NC(=O)c1ccc(C#CC#Cc2ccccc2N)cc1. The Hall–Kier alpha value is -3.17. The zero-order valence-electron chi connectivity index (χ0n) is 10.7. The molecule has 4 N–H and O–H groups in total. The highest BCUT2D eigenvalue weighted by Crippen LogP contribution is 2.07. The van der Waals surface area contributed by atoms with Gasteiger partial charge in [-0.2, -0.15) is 0 Å². The first-order valence-corrected chi connectivity index (χ1v) is 5.93. The van der Waals surface area contributed by atoms with Crippen LogP contribution in [0.4, 0.5) is 5.69 Å². The predicted octanol–water partition coefficient (Wildman–Crippen LogP) is 1.77. The van der Waals surface area contributed by atoms with Crippen LogP contribution in [0.15, 0.2) is 48.5 Å². The fourth-order valence-electron chi connectivity index (χ4n) is 1.53. The van der Waals surface area contributed by atoms with Gasteiger partial charge in [-0.3, -0.25) is 4.79 Å². The van der Waals surface area contributed by atoms with Gasteiger partial charge in [-0.1, -0.05) is 24.0 Å². The van der Waals surface area contributed by atoms with Crippen molar-refractivity contribution in [2.24, 2.45) is 5.73 Å². The first-order valence-electron chi connectivity index (χ1n) is 5.93. The van der Waals surface area contributed by atoms with Crippen molar-refractivity contribution >= 4 is 11.6 Å². The Labute approximate surface area is 117 Å². The Kier molecular flexibility index (Phi) is 4.07. The van der Waals surface area contributed by atoms with Gasteiger partial charge < -0.3 is 11.5 Å². The first-order chi connectivity index (χ1) is 9.66. The summed E-state index contributed by atoms with van der Waals surface area (Å²) < 4.78 is 0. The maximum atomic E-state index is 10.9. The smallest absolute Gasteiger partial charge is 0.248 e. The fourth-order valence-corrected chi connectivity index (χ4v) is 1.53. The van der Waals surface area contributed by atoms with Crippen molar-refractivity contribution in [3.05, 3.63) is 65.2 Å². The van der Waals surface area contributed by atoms with E-state index in [-0.39, 0.29) is 0 Å². The average molecular weight is 260 g/mol. The zero-order chi connectivity index (χ0) is 14.4. The Bertz CT molecular complexity index is 753. The minimum absolute atomic E-state index is 0.455. The molecule has 2 aromatic carbocycles. The van der Waals surface area contributed by atoms with E-state index in [0.717, 1.165) is 11.1 Å². The molecule has 0 bridgehead atoms. The quantitative estimate of drug-likeness (QED) is 0.606. The Morgan fingerprint density at radius 2 is 1.55 bits per heavy atom. The molecule has 0 unspecified atom stereocenters. The predicted molar refractivity (Wildman–Crippen MR) is 79.6 cm³/mol. The number of rotatable bonds is 1. The minimum atomic E-state index is -0.455. The largest absolute Gasteiger partial charge is 0.398 e. The zero-order valence-corrected chi connectivity index (χ0v) is 10.7. The number of carbonyl (C=O) groups excluding carboxylic acids is 1. The van der Waals surface area contributed by atoms with Crippen molar-refractivity contribution in [3.8, 4) is 23.7 Å². The van der Waals surface area contributed by atoms with E-state index in [2.05, 4.69) is 23.7 Å². The van der Waals surface area contributed by atoms with Crippen LogP contribution in [0.1, 0.15) is 21.5 Å². The summed E-state index contributed by atoms with van der Waals surface area (Å²) in [4.78, 5) is 10.9. The standard InChI is InChI=1S/C17H12N2O/c18-16-8-4-3-7-14(16)6-2-1-5-13-9-11-15(12-10-13)17(19)20/h3-4,7-12H,18H2,(H2,19,20). The van der Waals surface area contributed by atoms with Crippen LogP contribution < -0.4 is 11.5 Å². The summed E-state index contributed by atoms with van der Waals surface area (Å²) in [5, 5.41) is 0. The van der Waals surface area contributed by atoms with Crippen LogP contribution in [-0.2, 0) is 0 Å². The monoisotopic (exact) mass is 260 g/mol. The van der Waals surface area contributed by atoms with Crippen molar-refractivity contribution in [3.63, 3.8) is 0 Å². The van der Waals surface area contributed by atoms with E-state index in [1.807, 2.05) is 18.2 Å². The maximum Gasteiger partial charge on any atom is 0.248 e. The average Bonchev–Trinajstić information content (AvgIpc) is 2.46. The van der Waals surface area contributed by atoms with Gasteiger partial charge in [-0.05, 0) is 48.2 Å². The molecule has 0 heterocycles. The molecule has 0 saturated carbocycles. The molecule has 0 aliphatic carbocycles. The van der Waals surface area contributed by atoms with Gasteiger partial charge in [0, 0.05) is 22.4 Å². The van der Waals surface area contributed by atoms with Crippen molar-refractivity contribution < 1.29 is 4.79 Å². The van der Waals surface area contributed by atoms with Crippen molar-refractivity contribution in [2.45, 2.75) is 0 Å². The molecule has 1 amide bonds. The van der Waals surface area contributed by atoms with Crippen molar-refractivity contribution in [1.29, 1.82) is 0 Å². The van der Waals surface area contributed by atoms with Crippen LogP contribution in [0.25, 0.3) is 0 Å². The summed E-state index contributed by atoms with van der Waals surface area (Å²) in [7, 11) is 0. The second-order valence-electron chi connectivity index (χ2n) is 4.03. The molecule has 2 rings (SSSR count). The van der Waals surface area contributed by atoms with E-state index in [1.165, 1.54) is 0 Å². The third-order valence-corrected chi connectivity index (χ3v) is 2.60. The van der Waals surface area contributed by atoms with Gasteiger partial charge in [0.2, 0.25) is 5.91 Å². The number of para-hydroxylation sites is 1. The highest BCUT2D eigenvalue weighted by molar-refractivity contribution is 5.92. The number of primary amides is 1. The Balaban J connectivity index is 2.13. The third kappa shape index (κ3) is 3.41. The normalized spacial score (nSPS) is 8.80. The summed E-state index contributed by atoms with van der Waals surface area (Å²) in [6.07, 6.45) is 0. The Morgan fingerprint density at radius 1 is 0.900 bits per heavy atom. The van der Waals surface area contributed by atoms with E-state index < -0.39 is 5.91 Å². The van der Waals surface area contributed by atoms with Crippen molar-refractivity contribution in [1.82, 2.24) is 0 Å². The Morgan fingerprint density at radius 3 is 2.20 bits per heavy atom. The molecule has 3 nitrogen and oxygen atoms in total. The molecule has 96 valence electrons. The van der Waals surface area contributed by atoms with Gasteiger partial charge >= 0.3 is 0 Å². The number of hydrogen-bond donors (Lipinski definition) is 2. The van der Waals surface area contributed by atoms with Crippen LogP contribution in [-0.4, -0.2) is 5.91 Å². The molecule has 0 atom stereocenters. The number of nitrogen functional groups attached to an aromatic ring is 1. The van der Waals surface area contributed by atoms with Gasteiger partial charge in [0.1, 0.15) is 0 Å². The van der Waals surface area contributed by atoms with Gasteiger partial charge in [-0.15, -0.1) is 0 Å².